The minimum atomic E-state index is -0.401. The summed E-state index contributed by atoms with van der Waals surface area (Å²) in [6, 6.07) is 9.25. The number of nitrogens with zero attached hydrogens (tertiary/aromatic N) is 2. The summed E-state index contributed by atoms with van der Waals surface area (Å²) in [7, 11) is 0. The molecule has 5 heteroatoms. The average Bonchev–Trinajstić information content (AvgIpc) is 2.60. The summed E-state index contributed by atoms with van der Waals surface area (Å²) in [6.45, 7) is 2.51. The van der Waals surface area contributed by atoms with Gasteiger partial charge >= 0.3 is 0 Å². The van der Waals surface area contributed by atoms with Gasteiger partial charge in [-0.15, -0.1) is 0 Å². The van der Waals surface area contributed by atoms with Crippen molar-refractivity contribution in [1.82, 2.24) is 4.98 Å². The second kappa shape index (κ2) is 6.91. The number of amides is 1. The van der Waals surface area contributed by atoms with Crippen LogP contribution in [-0.4, -0.2) is 23.1 Å². The fraction of sp³-hybridized carbons (Fsp3) is 0.316. The zero-order valence-electron chi connectivity index (χ0n) is 13.6. The topological polar surface area (TPSA) is 57.1 Å². The van der Waals surface area contributed by atoms with Gasteiger partial charge in [0.25, 0.3) is 5.91 Å². The summed E-state index contributed by atoms with van der Waals surface area (Å²) in [5.74, 6) is -0.801. The highest BCUT2D eigenvalue weighted by molar-refractivity contribution is 6.42. The number of anilines is 1. The number of para-hydroxylation sites is 1. The van der Waals surface area contributed by atoms with Gasteiger partial charge in [-0.1, -0.05) is 25.1 Å². The molecular weight excluding hydrogens is 305 g/mol. The van der Waals surface area contributed by atoms with Gasteiger partial charge in [-0.2, -0.15) is 0 Å². The number of carbonyl (C=O) groups excluding carboxylic acids is 1. The van der Waals surface area contributed by atoms with Crippen molar-refractivity contribution in [2.24, 2.45) is 0 Å². The SMILES string of the molecule is CC(CC(=N)C(=O)N1CCCc2ccccc21)c1cncc(F)c1. The monoisotopic (exact) mass is 325 g/mol. The first-order valence-corrected chi connectivity index (χ1v) is 8.14. The van der Waals surface area contributed by atoms with E-state index in [0.29, 0.717) is 12.1 Å². The van der Waals surface area contributed by atoms with Gasteiger partial charge in [-0.05, 0) is 42.0 Å². The summed E-state index contributed by atoms with van der Waals surface area (Å²) < 4.78 is 13.3. The second-order valence-corrected chi connectivity index (χ2v) is 6.21. The molecule has 0 fully saturated rings. The molecular formula is C19H20FN3O. The summed E-state index contributed by atoms with van der Waals surface area (Å²) in [5, 5.41) is 8.20. The molecule has 4 nitrogen and oxygen atoms in total. The van der Waals surface area contributed by atoms with Crippen LogP contribution >= 0.6 is 0 Å². The summed E-state index contributed by atoms with van der Waals surface area (Å²) in [5.41, 5.74) is 2.79. The second-order valence-electron chi connectivity index (χ2n) is 6.21. The number of aromatic nitrogens is 1. The Labute approximate surface area is 140 Å². The fourth-order valence-electron chi connectivity index (χ4n) is 3.12. The molecule has 2 heterocycles. The van der Waals surface area contributed by atoms with E-state index in [1.165, 1.54) is 6.07 Å². The molecule has 1 atom stereocenters. The quantitative estimate of drug-likeness (QED) is 0.871. The third kappa shape index (κ3) is 3.35. The Balaban J connectivity index is 1.73. The number of aryl methyl sites for hydroxylation is 1. The number of pyridine rings is 1. The summed E-state index contributed by atoms with van der Waals surface area (Å²) in [4.78, 5) is 18.2. The van der Waals surface area contributed by atoms with Crippen LogP contribution in [0.3, 0.4) is 0 Å². The molecule has 1 aromatic carbocycles. The van der Waals surface area contributed by atoms with E-state index in [1.54, 1.807) is 11.1 Å². The van der Waals surface area contributed by atoms with Crippen molar-refractivity contribution in [3.05, 3.63) is 59.7 Å². The molecule has 124 valence electrons. The van der Waals surface area contributed by atoms with Gasteiger partial charge in [0.15, 0.2) is 0 Å². The van der Waals surface area contributed by atoms with Crippen molar-refractivity contribution >= 4 is 17.3 Å². The molecule has 0 aliphatic carbocycles. The van der Waals surface area contributed by atoms with E-state index in [-0.39, 0.29) is 24.0 Å². The Morgan fingerprint density at radius 2 is 2.17 bits per heavy atom. The molecule has 1 aliphatic rings. The largest absolute Gasteiger partial charge is 0.307 e. The van der Waals surface area contributed by atoms with E-state index in [9.17, 15) is 9.18 Å². The predicted molar refractivity (Wildman–Crippen MR) is 92.1 cm³/mol. The van der Waals surface area contributed by atoms with Crippen LogP contribution < -0.4 is 4.90 Å². The molecule has 0 saturated carbocycles. The molecule has 1 aromatic heterocycles. The Kier molecular flexibility index (Phi) is 4.69. The zero-order valence-corrected chi connectivity index (χ0v) is 13.6. The van der Waals surface area contributed by atoms with Crippen LogP contribution in [0.2, 0.25) is 0 Å². The minimum absolute atomic E-state index is 0.0449. The predicted octanol–water partition coefficient (Wildman–Crippen LogP) is 3.71. The summed E-state index contributed by atoms with van der Waals surface area (Å²) in [6.07, 6.45) is 4.86. The first-order chi connectivity index (χ1) is 11.6. The van der Waals surface area contributed by atoms with Crippen molar-refractivity contribution in [2.75, 3.05) is 11.4 Å². The van der Waals surface area contributed by atoms with Crippen LogP contribution in [0.1, 0.15) is 36.8 Å². The van der Waals surface area contributed by atoms with Crippen LogP contribution in [0.5, 0.6) is 0 Å². The van der Waals surface area contributed by atoms with Crippen molar-refractivity contribution in [2.45, 2.75) is 32.1 Å². The fourth-order valence-corrected chi connectivity index (χ4v) is 3.12. The van der Waals surface area contributed by atoms with E-state index < -0.39 is 5.82 Å². The van der Waals surface area contributed by atoms with Crippen molar-refractivity contribution in [3.63, 3.8) is 0 Å². The normalized spacial score (nSPS) is 14.8. The molecule has 24 heavy (non-hydrogen) atoms. The number of rotatable bonds is 4. The zero-order chi connectivity index (χ0) is 17.1. The van der Waals surface area contributed by atoms with Crippen molar-refractivity contribution < 1.29 is 9.18 Å². The van der Waals surface area contributed by atoms with Gasteiger partial charge in [0, 0.05) is 24.8 Å². The molecule has 2 aromatic rings. The summed E-state index contributed by atoms with van der Waals surface area (Å²) >= 11 is 0. The highest BCUT2D eigenvalue weighted by Crippen LogP contribution is 2.28. The van der Waals surface area contributed by atoms with Gasteiger partial charge in [0.05, 0.1) is 11.9 Å². The third-order valence-electron chi connectivity index (χ3n) is 4.42. The molecule has 1 aliphatic heterocycles. The lowest BCUT2D eigenvalue weighted by Gasteiger charge is -2.30. The molecule has 0 bridgehead atoms. The van der Waals surface area contributed by atoms with E-state index in [0.717, 1.165) is 30.3 Å². The van der Waals surface area contributed by atoms with E-state index in [2.05, 4.69) is 4.98 Å². The van der Waals surface area contributed by atoms with E-state index >= 15 is 0 Å². The Morgan fingerprint density at radius 3 is 2.96 bits per heavy atom. The van der Waals surface area contributed by atoms with Crippen LogP contribution in [-0.2, 0) is 11.2 Å². The minimum Gasteiger partial charge on any atom is -0.307 e. The highest BCUT2D eigenvalue weighted by atomic mass is 19.1. The first-order valence-electron chi connectivity index (χ1n) is 8.14. The lowest BCUT2D eigenvalue weighted by molar-refractivity contribution is -0.112. The molecule has 0 saturated heterocycles. The molecule has 1 N–H and O–H groups in total. The lowest BCUT2D eigenvalue weighted by atomic mass is 9.95. The lowest BCUT2D eigenvalue weighted by Crippen LogP contribution is -2.40. The maximum absolute atomic E-state index is 13.3. The first kappa shape index (κ1) is 16.3. The van der Waals surface area contributed by atoms with Crippen LogP contribution in [0.15, 0.2) is 42.7 Å². The number of carbonyl (C=O) groups is 1. The third-order valence-corrected chi connectivity index (χ3v) is 4.42. The Hall–Kier alpha value is -2.56. The number of hydrogen-bond acceptors (Lipinski definition) is 3. The molecule has 0 radical (unpaired) electrons. The average molecular weight is 325 g/mol. The maximum atomic E-state index is 13.3. The van der Waals surface area contributed by atoms with Gasteiger partial charge in [-0.25, -0.2) is 4.39 Å². The Morgan fingerprint density at radius 1 is 1.38 bits per heavy atom. The molecule has 1 amide bonds. The van der Waals surface area contributed by atoms with Gasteiger partial charge < -0.3 is 4.90 Å². The van der Waals surface area contributed by atoms with E-state index in [1.807, 2.05) is 31.2 Å². The van der Waals surface area contributed by atoms with Gasteiger partial charge in [0.2, 0.25) is 0 Å². The molecule has 0 spiro atoms. The van der Waals surface area contributed by atoms with Gasteiger partial charge in [-0.3, -0.25) is 15.2 Å². The van der Waals surface area contributed by atoms with Crippen molar-refractivity contribution in [1.29, 1.82) is 5.41 Å². The number of fused-ring (bicyclic) bond motifs is 1. The number of halogens is 1. The molecule has 1 unspecified atom stereocenters. The van der Waals surface area contributed by atoms with Gasteiger partial charge in [0.1, 0.15) is 5.82 Å². The smallest absolute Gasteiger partial charge is 0.271 e. The maximum Gasteiger partial charge on any atom is 0.271 e. The van der Waals surface area contributed by atoms with Crippen LogP contribution in [0, 0.1) is 11.2 Å². The number of hydrogen-bond donors (Lipinski definition) is 1. The van der Waals surface area contributed by atoms with Crippen LogP contribution in [0.25, 0.3) is 0 Å². The standard InChI is InChI=1S/C19H20FN3O/c1-13(15-10-16(20)12-22-11-15)9-17(21)19(24)23-8-4-6-14-5-2-3-7-18(14)23/h2-3,5,7,10-13,21H,4,6,8-9H2,1H3. The van der Waals surface area contributed by atoms with E-state index in [4.69, 9.17) is 5.41 Å². The number of benzene rings is 1. The highest BCUT2D eigenvalue weighted by Gasteiger charge is 2.26. The van der Waals surface area contributed by atoms with Crippen LogP contribution in [0.4, 0.5) is 10.1 Å². The Bertz CT molecular complexity index is 775. The number of nitrogens with one attached hydrogen (secondary N) is 1. The van der Waals surface area contributed by atoms with Crippen molar-refractivity contribution in [3.8, 4) is 0 Å². The molecule has 3 rings (SSSR count).